The van der Waals surface area contributed by atoms with E-state index in [1.807, 2.05) is 0 Å². The molecule has 1 saturated heterocycles. The zero-order chi connectivity index (χ0) is 13.0. The van der Waals surface area contributed by atoms with Crippen LogP contribution in [-0.4, -0.2) is 61.3 Å². The molecule has 0 aromatic carbocycles. The number of hydrogen-bond donors (Lipinski definition) is 1. The number of rotatable bonds is 4. The van der Waals surface area contributed by atoms with Gasteiger partial charge in [-0.1, -0.05) is 12.8 Å². The molecule has 1 heterocycles. The van der Waals surface area contributed by atoms with Gasteiger partial charge in [-0.3, -0.25) is 0 Å². The van der Waals surface area contributed by atoms with Crippen molar-refractivity contribution in [1.82, 2.24) is 9.80 Å². The van der Waals surface area contributed by atoms with Crippen molar-refractivity contribution in [2.75, 3.05) is 40.3 Å². The standard InChI is InChI=1S/C15H30N2O/c1-16(2)11-13-7-9-17(10-8-13)12-14-5-3-4-6-15(14)18/h13-15,18H,3-12H2,1-2H3. The fourth-order valence-corrected chi connectivity index (χ4v) is 3.60. The van der Waals surface area contributed by atoms with Gasteiger partial charge in [0, 0.05) is 13.1 Å². The van der Waals surface area contributed by atoms with E-state index in [-0.39, 0.29) is 6.10 Å². The average Bonchev–Trinajstić information content (AvgIpc) is 2.34. The summed E-state index contributed by atoms with van der Waals surface area (Å²) in [6.07, 6.45) is 7.45. The zero-order valence-electron chi connectivity index (χ0n) is 12.1. The minimum atomic E-state index is -0.0294. The smallest absolute Gasteiger partial charge is 0.0580 e. The van der Waals surface area contributed by atoms with Crippen LogP contribution in [0.25, 0.3) is 0 Å². The molecule has 0 aromatic heterocycles. The van der Waals surface area contributed by atoms with E-state index in [9.17, 15) is 5.11 Å². The van der Waals surface area contributed by atoms with Crippen molar-refractivity contribution >= 4 is 0 Å². The lowest BCUT2D eigenvalue weighted by Gasteiger charge is -2.37. The van der Waals surface area contributed by atoms with Crippen molar-refractivity contribution in [3.8, 4) is 0 Å². The lowest BCUT2D eigenvalue weighted by molar-refractivity contribution is 0.0371. The molecule has 0 aromatic rings. The lowest BCUT2D eigenvalue weighted by Crippen LogP contribution is -2.42. The minimum Gasteiger partial charge on any atom is -0.393 e. The van der Waals surface area contributed by atoms with E-state index in [0.717, 1.165) is 18.9 Å². The predicted octanol–water partition coefficient (Wildman–Crippen LogP) is 1.81. The van der Waals surface area contributed by atoms with Crippen LogP contribution in [0.3, 0.4) is 0 Å². The molecule has 3 nitrogen and oxygen atoms in total. The van der Waals surface area contributed by atoms with Crippen LogP contribution in [0.15, 0.2) is 0 Å². The molecular formula is C15H30N2O. The maximum absolute atomic E-state index is 10.0. The summed E-state index contributed by atoms with van der Waals surface area (Å²) in [6, 6.07) is 0. The maximum Gasteiger partial charge on any atom is 0.0580 e. The van der Waals surface area contributed by atoms with E-state index in [4.69, 9.17) is 0 Å². The summed E-state index contributed by atoms with van der Waals surface area (Å²) in [7, 11) is 4.34. The normalized spacial score (nSPS) is 32.0. The largest absolute Gasteiger partial charge is 0.393 e. The van der Waals surface area contributed by atoms with Gasteiger partial charge in [-0.2, -0.15) is 0 Å². The van der Waals surface area contributed by atoms with Gasteiger partial charge in [0.1, 0.15) is 0 Å². The van der Waals surface area contributed by atoms with Gasteiger partial charge in [0.15, 0.2) is 0 Å². The number of nitrogens with zero attached hydrogens (tertiary/aromatic N) is 2. The second kappa shape index (κ2) is 6.88. The SMILES string of the molecule is CN(C)CC1CCN(CC2CCCCC2O)CC1. The highest BCUT2D eigenvalue weighted by Gasteiger charge is 2.27. The van der Waals surface area contributed by atoms with Gasteiger partial charge in [0.2, 0.25) is 0 Å². The highest BCUT2D eigenvalue weighted by Crippen LogP contribution is 2.27. The van der Waals surface area contributed by atoms with Crippen molar-refractivity contribution in [3.05, 3.63) is 0 Å². The molecule has 18 heavy (non-hydrogen) atoms. The Balaban J connectivity index is 1.69. The number of aliphatic hydroxyl groups is 1. The van der Waals surface area contributed by atoms with Crippen LogP contribution in [0.4, 0.5) is 0 Å². The summed E-state index contributed by atoms with van der Waals surface area (Å²) in [4.78, 5) is 4.90. The van der Waals surface area contributed by atoms with Gasteiger partial charge < -0.3 is 14.9 Å². The second-order valence-corrected chi connectivity index (χ2v) is 6.62. The van der Waals surface area contributed by atoms with Crippen molar-refractivity contribution in [2.45, 2.75) is 44.6 Å². The molecule has 0 bridgehead atoms. The topological polar surface area (TPSA) is 26.7 Å². The van der Waals surface area contributed by atoms with Gasteiger partial charge in [-0.15, -0.1) is 0 Å². The zero-order valence-corrected chi connectivity index (χ0v) is 12.1. The molecule has 106 valence electrons. The number of aliphatic hydroxyl groups excluding tert-OH is 1. The van der Waals surface area contributed by atoms with E-state index < -0.39 is 0 Å². The number of likely N-dealkylation sites (tertiary alicyclic amines) is 1. The molecule has 2 fully saturated rings. The first-order valence-corrected chi connectivity index (χ1v) is 7.70. The van der Waals surface area contributed by atoms with Crippen LogP contribution in [-0.2, 0) is 0 Å². The van der Waals surface area contributed by atoms with Crippen molar-refractivity contribution in [2.24, 2.45) is 11.8 Å². The van der Waals surface area contributed by atoms with Crippen molar-refractivity contribution in [3.63, 3.8) is 0 Å². The molecule has 2 unspecified atom stereocenters. The molecule has 2 rings (SSSR count). The summed E-state index contributed by atoms with van der Waals surface area (Å²) in [6.45, 7) is 4.85. The quantitative estimate of drug-likeness (QED) is 0.829. The Hall–Kier alpha value is -0.120. The Morgan fingerprint density at radius 2 is 1.72 bits per heavy atom. The summed E-state index contributed by atoms with van der Waals surface area (Å²) in [5.74, 6) is 1.43. The fourth-order valence-electron chi connectivity index (χ4n) is 3.60. The maximum atomic E-state index is 10.0. The second-order valence-electron chi connectivity index (χ2n) is 6.62. The van der Waals surface area contributed by atoms with Crippen LogP contribution in [0.2, 0.25) is 0 Å². The van der Waals surface area contributed by atoms with E-state index >= 15 is 0 Å². The number of hydrogen-bond acceptors (Lipinski definition) is 3. The lowest BCUT2D eigenvalue weighted by atomic mass is 9.85. The van der Waals surface area contributed by atoms with Gasteiger partial charge in [-0.05, 0) is 64.7 Å². The molecule has 0 radical (unpaired) electrons. The van der Waals surface area contributed by atoms with Crippen LogP contribution in [0.5, 0.6) is 0 Å². The Bertz CT molecular complexity index is 237. The Morgan fingerprint density at radius 3 is 2.33 bits per heavy atom. The van der Waals surface area contributed by atoms with Crippen LogP contribution in [0, 0.1) is 11.8 Å². The molecule has 1 saturated carbocycles. The van der Waals surface area contributed by atoms with Crippen LogP contribution in [0.1, 0.15) is 38.5 Å². The van der Waals surface area contributed by atoms with Crippen molar-refractivity contribution < 1.29 is 5.11 Å². The van der Waals surface area contributed by atoms with E-state index in [1.54, 1.807) is 0 Å². The van der Waals surface area contributed by atoms with E-state index in [1.165, 1.54) is 51.7 Å². The van der Waals surface area contributed by atoms with E-state index in [2.05, 4.69) is 23.9 Å². The monoisotopic (exact) mass is 254 g/mol. The van der Waals surface area contributed by atoms with Gasteiger partial charge >= 0.3 is 0 Å². The summed E-state index contributed by atoms with van der Waals surface area (Å²) in [5.41, 5.74) is 0. The van der Waals surface area contributed by atoms with Crippen LogP contribution >= 0.6 is 0 Å². The highest BCUT2D eigenvalue weighted by atomic mass is 16.3. The first kappa shape index (κ1) is 14.3. The first-order chi connectivity index (χ1) is 8.65. The third kappa shape index (κ3) is 4.22. The first-order valence-electron chi connectivity index (χ1n) is 7.70. The summed E-state index contributed by atoms with van der Waals surface area (Å²) >= 11 is 0. The van der Waals surface area contributed by atoms with Gasteiger partial charge in [0.25, 0.3) is 0 Å². The molecule has 0 amide bonds. The fraction of sp³-hybridized carbons (Fsp3) is 1.00. The van der Waals surface area contributed by atoms with Crippen molar-refractivity contribution in [1.29, 1.82) is 0 Å². The average molecular weight is 254 g/mol. The van der Waals surface area contributed by atoms with Gasteiger partial charge in [-0.25, -0.2) is 0 Å². The molecule has 1 aliphatic carbocycles. The third-order valence-corrected chi connectivity index (χ3v) is 4.69. The number of piperidine rings is 1. The molecular weight excluding hydrogens is 224 g/mol. The third-order valence-electron chi connectivity index (χ3n) is 4.69. The Labute approximate surface area is 112 Å². The molecule has 2 aliphatic rings. The minimum absolute atomic E-state index is 0.0294. The molecule has 2 atom stereocenters. The predicted molar refractivity (Wildman–Crippen MR) is 75.7 cm³/mol. The Morgan fingerprint density at radius 1 is 1.06 bits per heavy atom. The molecule has 1 N–H and O–H groups in total. The summed E-state index contributed by atoms with van der Waals surface area (Å²) < 4.78 is 0. The highest BCUT2D eigenvalue weighted by molar-refractivity contribution is 4.80. The Kier molecular flexibility index (Phi) is 5.46. The molecule has 0 spiro atoms. The van der Waals surface area contributed by atoms with Gasteiger partial charge in [0.05, 0.1) is 6.10 Å². The molecule has 3 heteroatoms. The van der Waals surface area contributed by atoms with E-state index in [0.29, 0.717) is 5.92 Å². The summed E-state index contributed by atoms with van der Waals surface area (Å²) in [5, 5.41) is 10.0. The van der Waals surface area contributed by atoms with Crippen LogP contribution < -0.4 is 0 Å². The molecule has 1 aliphatic heterocycles.